The molecule has 1 N–H and O–H groups in total. The summed E-state index contributed by atoms with van der Waals surface area (Å²) in [4.78, 5) is 4.39. The van der Waals surface area contributed by atoms with E-state index in [0.29, 0.717) is 0 Å². The van der Waals surface area contributed by atoms with Crippen LogP contribution in [-0.4, -0.2) is 31.7 Å². The third-order valence-corrected chi connectivity index (χ3v) is 4.02. The summed E-state index contributed by atoms with van der Waals surface area (Å²) in [5.41, 5.74) is 0.743. The Bertz CT molecular complexity index is 757. The van der Waals surface area contributed by atoms with Gasteiger partial charge in [-0.1, -0.05) is 18.2 Å². The third-order valence-electron chi connectivity index (χ3n) is 4.02. The molecule has 0 spiro atoms. The molecule has 1 aliphatic rings. The van der Waals surface area contributed by atoms with Crippen LogP contribution in [0, 0.1) is 0 Å². The Morgan fingerprint density at radius 1 is 1.18 bits per heavy atom. The zero-order chi connectivity index (χ0) is 14.8. The summed E-state index contributed by atoms with van der Waals surface area (Å²) in [5, 5.41) is 11.5. The van der Waals surface area contributed by atoms with Gasteiger partial charge >= 0.3 is 0 Å². The van der Waals surface area contributed by atoms with Crippen molar-refractivity contribution in [2.24, 2.45) is 0 Å². The minimum Gasteiger partial charge on any atom is -0.488 e. The van der Waals surface area contributed by atoms with E-state index >= 15 is 0 Å². The summed E-state index contributed by atoms with van der Waals surface area (Å²) in [6.07, 6.45) is 8.66. The first-order valence-corrected chi connectivity index (χ1v) is 7.53. The Kier molecular flexibility index (Phi) is 3.34. The topological polar surface area (TPSA) is 64.3 Å². The lowest BCUT2D eigenvalue weighted by molar-refractivity contribution is 0.198. The highest BCUT2D eigenvalue weighted by Gasteiger charge is 2.29. The number of ether oxygens (including phenoxy) is 1. The zero-order valence-electron chi connectivity index (χ0n) is 12.1. The van der Waals surface area contributed by atoms with Gasteiger partial charge in [0.15, 0.2) is 5.82 Å². The molecule has 2 atom stereocenters. The highest BCUT2D eigenvalue weighted by molar-refractivity contribution is 5.62. The summed E-state index contributed by atoms with van der Waals surface area (Å²) in [6.45, 7) is 0. The molecule has 1 aliphatic carbocycles. The number of rotatable bonds is 4. The van der Waals surface area contributed by atoms with Gasteiger partial charge in [-0.15, -0.1) is 10.2 Å². The number of nitrogens with one attached hydrogen (secondary N) is 1. The number of hydrogen-bond acceptors (Lipinski definition) is 5. The Morgan fingerprint density at radius 2 is 2.09 bits per heavy atom. The molecular weight excluding hydrogens is 278 g/mol. The van der Waals surface area contributed by atoms with Crippen LogP contribution in [0.2, 0.25) is 0 Å². The number of aromatic nitrogens is 4. The molecule has 3 aromatic rings. The van der Waals surface area contributed by atoms with Crippen molar-refractivity contribution in [3.8, 4) is 5.75 Å². The Morgan fingerprint density at radius 3 is 3.00 bits per heavy atom. The van der Waals surface area contributed by atoms with Crippen LogP contribution < -0.4 is 10.1 Å². The molecular formula is C16H17N5O. The van der Waals surface area contributed by atoms with Gasteiger partial charge in [-0.2, -0.15) is 0 Å². The Hall–Kier alpha value is -2.63. The van der Waals surface area contributed by atoms with E-state index in [0.717, 1.165) is 36.5 Å². The second-order valence-corrected chi connectivity index (χ2v) is 5.49. The Balaban J connectivity index is 1.53. The smallest absolute Gasteiger partial charge is 0.203 e. The molecule has 6 nitrogen and oxygen atoms in total. The van der Waals surface area contributed by atoms with Crippen molar-refractivity contribution in [1.29, 1.82) is 0 Å². The van der Waals surface area contributed by atoms with Crippen molar-refractivity contribution in [1.82, 2.24) is 19.6 Å². The Labute approximate surface area is 128 Å². The maximum atomic E-state index is 6.12. The maximum absolute atomic E-state index is 6.12. The summed E-state index contributed by atoms with van der Waals surface area (Å²) in [5.74, 6) is 1.67. The van der Waals surface area contributed by atoms with E-state index in [1.165, 1.54) is 0 Å². The van der Waals surface area contributed by atoms with Gasteiger partial charge in [0, 0.05) is 12.4 Å². The first-order valence-electron chi connectivity index (χ1n) is 7.53. The van der Waals surface area contributed by atoms with Gasteiger partial charge in [0.05, 0.1) is 6.04 Å². The van der Waals surface area contributed by atoms with E-state index in [1.807, 2.05) is 40.9 Å². The molecule has 0 saturated heterocycles. The minimum absolute atomic E-state index is 0.146. The van der Waals surface area contributed by atoms with Gasteiger partial charge in [-0.25, -0.2) is 4.98 Å². The number of fused-ring (bicyclic) bond motifs is 1. The first-order chi connectivity index (χ1) is 10.9. The number of nitrogens with zero attached hydrogens (tertiary/aromatic N) is 4. The average molecular weight is 295 g/mol. The average Bonchev–Trinajstić information content (AvgIpc) is 3.19. The van der Waals surface area contributed by atoms with Crippen molar-refractivity contribution >= 4 is 11.5 Å². The molecule has 1 fully saturated rings. The summed E-state index contributed by atoms with van der Waals surface area (Å²) in [7, 11) is 0. The summed E-state index contributed by atoms with van der Waals surface area (Å²) >= 11 is 0. The molecule has 2 aromatic heterocycles. The highest BCUT2D eigenvalue weighted by Crippen LogP contribution is 2.27. The van der Waals surface area contributed by atoms with Crippen LogP contribution >= 0.6 is 0 Å². The first kappa shape index (κ1) is 13.1. The number of para-hydroxylation sites is 1. The van der Waals surface area contributed by atoms with Crippen molar-refractivity contribution < 1.29 is 4.74 Å². The molecule has 112 valence electrons. The minimum atomic E-state index is 0.146. The molecule has 0 radical (unpaired) electrons. The summed E-state index contributed by atoms with van der Waals surface area (Å²) in [6, 6.07) is 10.2. The maximum Gasteiger partial charge on any atom is 0.203 e. The molecule has 1 saturated carbocycles. The van der Waals surface area contributed by atoms with Crippen LogP contribution in [0.5, 0.6) is 5.75 Å². The van der Waals surface area contributed by atoms with E-state index in [-0.39, 0.29) is 12.1 Å². The van der Waals surface area contributed by atoms with E-state index in [4.69, 9.17) is 4.74 Å². The molecule has 0 unspecified atom stereocenters. The lowest BCUT2D eigenvalue weighted by Crippen LogP contribution is -2.33. The van der Waals surface area contributed by atoms with E-state index in [1.54, 1.807) is 12.5 Å². The van der Waals surface area contributed by atoms with Crippen molar-refractivity contribution in [3.05, 3.63) is 49.1 Å². The fraction of sp³-hybridized carbons (Fsp3) is 0.312. The van der Waals surface area contributed by atoms with Gasteiger partial charge in [0.2, 0.25) is 5.65 Å². The molecule has 22 heavy (non-hydrogen) atoms. The normalized spacial score (nSPS) is 21.1. The van der Waals surface area contributed by atoms with Crippen LogP contribution in [-0.2, 0) is 0 Å². The second kappa shape index (κ2) is 5.63. The second-order valence-electron chi connectivity index (χ2n) is 5.49. The zero-order valence-corrected chi connectivity index (χ0v) is 12.1. The van der Waals surface area contributed by atoms with Gasteiger partial charge < -0.3 is 10.1 Å². The predicted molar refractivity (Wildman–Crippen MR) is 82.9 cm³/mol. The van der Waals surface area contributed by atoms with Crippen LogP contribution in [0.4, 0.5) is 5.82 Å². The van der Waals surface area contributed by atoms with Crippen molar-refractivity contribution in [2.75, 3.05) is 5.32 Å². The fourth-order valence-corrected chi connectivity index (χ4v) is 2.94. The van der Waals surface area contributed by atoms with E-state index < -0.39 is 0 Å². The molecule has 4 rings (SSSR count). The van der Waals surface area contributed by atoms with Gasteiger partial charge in [-0.05, 0) is 31.4 Å². The highest BCUT2D eigenvalue weighted by atomic mass is 16.5. The van der Waals surface area contributed by atoms with Crippen LogP contribution in [0.1, 0.15) is 19.3 Å². The molecule has 2 heterocycles. The molecule has 1 aromatic carbocycles. The lowest BCUT2D eigenvalue weighted by atomic mass is 10.2. The lowest BCUT2D eigenvalue weighted by Gasteiger charge is -2.22. The quantitative estimate of drug-likeness (QED) is 0.801. The van der Waals surface area contributed by atoms with Crippen LogP contribution in [0.25, 0.3) is 5.65 Å². The number of hydrogen-bond donors (Lipinski definition) is 1. The number of benzene rings is 1. The van der Waals surface area contributed by atoms with Gasteiger partial charge in [-0.3, -0.25) is 4.40 Å². The van der Waals surface area contributed by atoms with Crippen molar-refractivity contribution in [3.63, 3.8) is 0 Å². The van der Waals surface area contributed by atoms with Crippen molar-refractivity contribution in [2.45, 2.75) is 31.4 Å². The summed E-state index contributed by atoms with van der Waals surface area (Å²) < 4.78 is 7.98. The van der Waals surface area contributed by atoms with E-state index in [9.17, 15) is 0 Å². The molecule has 0 amide bonds. The third kappa shape index (κ3) is 2.47. The van der Waals surface area contributed by atoms with Gasteiger partial charge in [0.25, 0.3) is 0 Å². The fourth-order valence-electron chi connectivity index (χ4n) is 2.94. The molecule has 0 bridgehead atoms. The molecule has 0 aliphatic heterocycles. The van der Waals surface area contributed by atoms with E-state index in [2.05, 4.69) is 20.5 Å². The SMILES string of the molecule is c1ccc(O[C@H]2CCC[C@@H]2Nc2nccn3cnnc23)cc1. The predicted octanol–water partition coefficient (Wildman–Crippen LogP) is 2.54. The largest absolute Gasteiger partial charge is 0.488 e. The number of anilines is 1. The molecule has 6 heteroatoms. The van der Waals surface area contributed by atoms with Crippen LogP contribution in [0.15, 0.2) is 49.1 Å². The van der Waals surface area contributed by atoms with Crippen LogP contribution in [0.3, 0.4) is 0 Å². The standard InChI is InChI=1S/C16H17N5O/c1-2-5-12(6-3-1)22-14-8-4-7-13(14)19-15-16-20-18-11-21(16)10-9-17-15/h1-3,5-6,9-11,13-14H,4,7-8H2,(H,17,19)/t13-,14-/m0/s1. The van der Waals surface area contributed by atoms with Gasteiger partial charge in [0.1, 0.15) is 18.2 Å². The monoisotopic (exact) mass is 295 g/mol.